The summed E-state index contributed by atoms with van der Waals surface area (Å²) < 4.78 is 33.1. The van der Waals surface area contributed by atoms with Crippen LogP contribution in [0.3, 0.4) is 0 Å². The molecule has 1 aromatic carbocycles. The summed E-state index contributed by atoms with van der Waals surface area (Å²) in [5.41, 5.74) is 0.447. The summed E-state index contributed by atoms with van der Waals surface area (Å²) in [6.07, 6.45) is 2.10. The van der Waals surface area contributed by atoms with Crippen molar-refractivity contribution in [2.45, 2.75) is 42.7 Å². The van der Waals surface area contributed by atoms with Gasteiger partial charge in [0.15, 0.2) is 6.61 Å². The second-order valence-corrected chi connectivity index (χ2v) is 7.71. The summed E-state index contributed by atoms with van der Waals surface area (Å²) in [4.78, 5) is 13.2. The molecule has 0 atom stereocenters. The van der Waals surface area contributed by atoms with Crippen molar-refractivity contribution < 1.29 is 23.1 Å². The fraction of sp³-hybridized carbons (Fsp3) is 0.533. The molecule has 1 saturated carbocycles. The van der Waals surface area contributed by atoms with Crippen LogP contribution < -0.4 is 14.4 Å². The van der Waals surface area contributed by atoms with Gasteiger partial charge in [0.25, 0.3) is 5.91 Å². The molecular formula is C15H20N2O5S. The fourth-order valence-electron chi connectivity index (χ4n) is 2.90. The molecule has 1 aliphatic carbocycles. The fourth-order valence-corrected chi connectivity index (χ4v) is 4.22. The molecule has 1 heterocycles. The largest absolute Gasteiger partial charge is 0.482 e. The molecule has 0 aromatic heterocycles. The smallest absolute Gasteiger partial charge is 0.264 e. The van der Waals surface area contributed by atoms with Gasteiger partial charge in [0.2, 0.25) is 10.0 Å². The average molecular weight is 340 g/mol. The van der Waals surface area contributed by atoms with Gasteiger partial charge in [-0.2, -0.15) is 0 Å². The maximum absolute atomic E-state index is 12.5. The highest BCUT2D eigenvalue weighted by Gasteiger charge is 2.28. The van der Waals surface area contributed by atoms with Gasteiger partial charge in [-0.25, -0.2) is 13.1 Å². The highest BCUT2D eigenvalue weighted by atomic mass is 32.2. The van der Waals surface area contributed by atoms with Crippen molar-refractivity contribution in [1.29, 1.82) is 0 Å². The second-order valence-electron chi connectivity index (χ2n) is 6.00. The van der Waals surface area contributed by atoms with Crippen LogP contribution >= 0.6 is 0 Å². The van der Waals surface area contributed by atoms with E-state index in [1.165, 1.54) is 17.0 Å². The molecule has 0 spiro atoms. The molecule has 126 valence electrons. The zero-order valence-electron chi connectivity index (χ0n) is 12.9. The van der Waals surface area contributed by atoms with Gasteiger partial charge in [-0.15, -0.1) is 0 Å². The van der Waals surface area contributed by atoms with E-state index < -0.39 is 10.0 Å². The Morgan fingerprint density at radius 3 is 2.65 bits per heavy atom. The Bertz CT molecular complexity index is 711. The number of fused-ring (bicyclic) bond motifs is 1. The third-order valence-corrected chi connectivity index (χ3v) is 5.86. The van der Waals surface area contributed by atoms with E-state index in [9.17, 15) is 18.3 Å². The van der Waals surface area contributed by atoms with Gasteiger partial charge in [0, 0.05) is 13.1 Å². The number of nitrogens with zero attached hydrogens (tertiary/aromatic N) is 1. The molecule has 3 rings (SSSR count). The number of nitrogens with one attached hydrogen (secondary N) is 1. The summed E-state index contributed by atoms with van der Waals surface area (Å²) in [6.45, 7) is -0.0434. The number of rotatable bonds is 3. The Kier molecular flexibility index (Phi) is 4.31. The monoisotopic (exact) mass is 340 g/mol. The average Bonchev–Trinajstić information content (AvgIpc) is 2.53. The molecule has 7 nitrogen and oxygen atoms in total. The zero-order chi connectivity index (χ0) is 16.6. The first-order valence-electron chi connectivity index (χ1n) is 7.60. The number of aliphatic hydroxyl groups is 1. The van der Waals surface area contributed by atoms with E-state index in [1.807, 2.05) is 0 Å². The van der Waals surface area contributed by atoms with Crippen LogP contribution in [0.15, 0.2) is 23.1 Å². The van der Waals surface area contributed by atoms with Crippen LogP contribution in [0.2, 0.25) is 0 Å². The molecule has 1 aromatic rings. The number of anilines is 1. The van der Waals surface area contributed by atoms with Crippen molar-refractivity contribution in [3.05, 3.63) is 18.2 Å². The van der Waals surface area contributed by atoms with Gasteiger partial charge < -0.3 is 14.7 Å². The number of amides is 1. The Balaban J connectivity index is 1.82. The van der Waals surface area contributed by atoms with Crippen molar-refractivity contribution in [1.82, 2.24) is 4.72 Å². The van der Waals surface area contributed by atoms with E-state index in [-0.39, 0.29) is 29.6 Å². The van der Waals surface area contributed by atoms with E-state index in [0.717, 1.165) is 0 Å². The maximum Gasteiger partial charge on any atom is 0.264 e. The molecule has 0 unspecified atom stereocenters. The predicted molar refractivity (Wildman–Crippen MR) is 83.9 cm³/mol. The van der Waals surface area contributed by atoms with Crippen LogP contribution in [0.4, 0.5) is 5.69 Å². The quantitative estimate of drug-likeness (QED) is 0.841. The van der Waals surface area contributed by atoms with Gasteiger partial charge >= 0.3 is 0 Å². The summed E-state index contributed by atoms with van der Waals surface area (Å²) in [7, 11) is -2.08. The first kappa shape index (κ1) is 16.2. The predicted octanol–water partition coefficient (Wildman–Crippen LogP) is 0.624. The van der Waals surface area contributed by atoms with Gasteiger partial charge in [-0.3, -0.25) is 4.79 Å². The zero-order valence-corrected chi connectivity index (χ0v) is 13.7. The summed E-state index contributed by atoms with van der Waals surface area (Å²) >= 11 is 0. The molecule has 2 N–H and O–H groups in total. The number of aliphatic hydroxyl groups excluding tert-OH is 1. The Morgan fingerprint density at radius 1 is 1.26 bits per heavy atom. The molecule has 8 heteroatoms. The summed E-state index contributed by atoms with van der Waals surface area (Å²) in [6, 6.07) is 4.32. The van der Waals surface area contributed by atoms with Crippen LogP contribution in [0.5, 0.6) is 5.75 Å². The maximum atomic E-state index is 12.5. The molecule has 0 radical (unpaired) electrons. The van der Waals surface area contributed by atoms with Crippen molar-refractivity contribution in [3.63, 3.8) is 0 Å². The number of sulfonamides is 1. The first-order valence-corrected chi connectivity index (χ1v) is 9.09. The lowest BCUT2D eigenvalue weighted by molar-refractivity contribution is -0.120. The molecule has 0 saturated heterocycles. The lowest BCUT2D eigenvalue weighted by Crippen LogP contribution is -2.39. The standard InChI is InChI=1S/C15H20N2O5S/c1-17-13-8-12(6-7-14(13)22-9-15(17)19)23(20,21)16-10-2-4-11(18)5-3-10/h6-8,10-11,16,18H,2-5,9H2,1H3. The van der Waals surface area contributed by atoms with E-state index >= 15 is 0 Å². The van der Waals surface area contributed by atoms with Crippen LogP contribution in [0.25, 0.3) is 0 Å². The minimum absolute atomic E-state index is 0.0434. The topological polar surface area (TPSA) is 95.9 Å². The van der Waals surface area contributed by atoms with Crippen LogP contribution in [-0.2, 0) is 14.8 Å². The SMILES string of the molecule is CN1C(=O)COc2ccc(S(=O)(=O)NC3CCC(O)CC3)cc21. The van der Waals surface area contributed by atoms with E-state index in [2.05, 4.69) is 4.72 Å². The van der Waals surface area contributed by atoms with Crippen molar-refractivity contribution in [2.75, 3.05) is 18.6 Å². The molecular weight excluding hydrogens is 320 g/mol. The molecule has 23 heavy (non-hydrogen) atoms. The van der Waals surface area contributed by atoms with Crippen LogP contribution in [0, 0.1) is 0 Å². The van der Waals surface area contributed by atoms with E-state index in [4.69, 9.17) is 4.74 Å². The number of ether oxygens (including phenoxy) is 1. The molecule has 0 bridgehead atoms. The lowest BCUT2D eigenvalue weighted by atomic mass is 9.94. The third-order valence-electron chi connectivity index (χ3n) is 4.35. The van der Waals surface area contributed by atoms with Gasteiger partial charge in [-0.05, 0) is 43.9 Å². The number of carbonyl (C=O) groups excluding carboxylic acids is 1. The first-order chi connectivity index (χ1) is 10.9. The molecule has 1 aliphatic heterocycles. The second kappa shape index (κ2) is 6.10. The molecule has 1 amide bonds. The van der Waals surface area contributed by atoms with Crippen LogP contribution in [-0.4, -0.2) is 45.2 Å². The normalized spacial score (nSPS) is 25.0. The molecule has 2 aliphatic rings. The highest BCUT2D eigenvalue weighted by Crippen LogP contribution is 2.33. The van der Waals surface area contributed by atoms with Crippen molar-refractivity contribution in [3.8, 4) is 5.75 Å². The Hall–Kier alpha value is -1.64. The molecule has 1 fully saturated rings. The number of hydrogen-bond acceptors (Lipinski definition) is 5. The summed E-state index contributed by atoms with van der Waals surface area (Å²) in [5, 5.41) is 9.50. The number of benzene rings is 1. The highest BCUT2D eigenvalue weighted by molar-refractivity contribution is 7.89. The minimum Gasteiger partial charge on any atom is -0.482 e. The van der Waals surface area contributed by atoms with Gasteiger partial charge in [0.05, 0.1) is 16.7 Å². The van der Waals surface area contributed by atoms with E-state index in [1.54, 1.807) is 13.1 Å². The minimum atomic E-state index is -3.68. The van der Waals surface area contributed by atoms with Crippen LogP contribution in [0.1, 0.15) is 25.7 Å². The van der Waals surface area contributed by atoms with Gasteiger partial charge in [-0.1, -0.05) is 0 Å². The summed E-state index contributed by atoms with van der Waals surface area (Å²) in [5.74, 6) is 0.271. The number of likely N-dealkylation sites (N-methyl/N-ethyl adjacent to an activating group) is 1. The van der Waals surface area contributed by atoms with Crippen molar-refractivity contribution in [2.24, 2.45) is 0 Å². The van der Waals surface area contributed by atoms with Crippen molar-refractivity contribution >= 4 is 21.6 Å². The number of hydrogen-bond donors (Lipinski definition) is 2. The van der Waals surface area contributed by atoms with E-state index in [0.29, 0.717) is 37.1 Å². The number of carbonyl (C=O) groups is 1. The Labute approximate surface area is 135 Å². The van der Waals surface area contributed by atoms with Gasteiger partial charge in [0.1, 0.15) is 5.75 Å². The lowest BCUT2D eigenvalue weighted by Gasteiger charge is -2.28. The third kappa shape index (κ3) is 3.34. The Morgan fingerprint density at radius 2 is 1.96 bits per heavy atom.